The lowest BCUT2D eigenvalue weighted by Crippen LogP contribution is -2.71. The molecule has 7 aromatic carbocycles. The number of hydrogen-bond acceptors (Lipinski definition) is 16. The number of fused-ring (bicyclic) bond motifs is 4. The Morgan fingerprint density at radius 3 is 1.05 bits per heavy atom. The molecule has 0 aliphatic carbocycles. The van der Waals surface area contributed by atoms with Crippen LogP contribution in [0.15, 0.2) is 176 Å². The van der Waals surface area contributed by atoms with Gasteiger partial charge in [0, 0.05) is 97.5 Å². The first-order valence-corrected chi connectivity index (χ1v) is 48.4. The maximum absolute atomic E-state index is 13.6. The number of alkyl halides is 6. The fourth-order valence-corrected chi connectivity index (χ4v) is 23.3. The third-order valence-electron chi connectivity index (χ3n) is 28.0. The van der Waals surface area contributed by atoms with E-state index in [2.05, 4.69) is 117 Å². The quantitative estimate of drug-likeness (QED) is 0.0641. The van der Waals surface area contributed by atoms with E-state index in [0.29, 0.717) is 116 Å². The molecule has 3 amide bonds. The minimum atomic E-state index is -4.42. The molecule has 30 heteroatoms. The first-order valence-electron chi connectivity index (χ1n) is 46.5. The number of carbonyl (C=O) groups excluding carboxylic acids is 4. The number of benzene rings is 7. The Morgan fingerprint density at radius 2 is 0.652 bits per heavy atom. The van der Waals surface area contributed by atoms with Crippen molar-refractivity contribution in [3.05, 3.63) is 246 Å². The fourth-order valence-electron chi connectivity index (χ4n) is 22.0. The number of likely N-dealkylation sites (tertiary alicyclic amines) is 5. The van der Waals surface area contributed by atoms with Crippen LogP contribution in [0.3, 0.4) is 0 Å². The van der Waals surface area contributed by atoms with Gasteiger partial charge in [0.05, 0.1) is 138 Å². The van der Waals surface area contributed by atoms with Crippen molar-refractivity contribution in [3.8, 4) is 0 Å². The summed E-state index contributed by atoms with van der Waals surface area (Å²) >= 11 is 29.0. The lowest BCUT2D eigenvalue weighted by Gasteiger charge is -2.54. The normalized spacial score (nSPS) is 26.2. The van der Waals surface area contributed by atoms with Crippen molar-refractivity contribution < 1.29 is 64.5 Å². The number of carbonyl (C=O) groups is 4. The number of hydrogen-bond donors (Lipinski definition) is 1. The average Bonchev–Trinajstić information content (AvgIpc) is 0.767. The molecule has 7 aromatic rings. The molecule has 718 valence electrons. The van der Waals surface area contributed by atoms with Gasteiger partial charge in [-0.25, -0.2) is 0 Å². The van der Waals surface area contributed by atoms with Crippen LogP contribution in [-0.4, -0.2) is 289 Å². The summed E-state index contributed by atoms with van der Waals surface area (Å²) in [6, 6.07) is 54.5. The zero-order valence-electron chi connectivity index (χ0n) is 73.9. The number of piperidine rings is 1. The van der Waals surface area contributed by atoms with E-state index in [1.807, 2.05) is 40.1 Å². The third-order valence-corrected chi connectivity index (χ3v) is 29.0. The van der Waals surface area contributed by atoms with Gasteiger partial charge in [-0.2, -0.15) is 26.3 Å². The van der Waals surface area contributed by atoms with Crippen molar-refractivity contribution >= 4 is 81.0 Å². The summed E-state index contributed by atoms with van der Waals surface area (Å²) in [6.07, 6.45) is 4.11. The molecule has 1 N–H and O–H groups in total. The maximum Gasteiger partial charge on any atom is 0.416 e. The first kappa shape index (κ1) is 103. The van der Waals surface area contributed by atoms with E-state index in [1.165, 1.54) is 87.0 Å². The monoisotopic (exact) mass is 1930 g/mol. The second kappa shape index (κ2) is 49.0. The predicted molar refractivity (Wildman–Crippen MR) is 510 cm³/mol. The summed E-state index contributed by atoms with van der Waals surface area (Å²) in [5.74, 6) is 0.741. The second-order valence-electron chi connectivity index (χ2n) is 36.6. The Morgan fingerprint density at radius 1 is 0.326 bits per heavy atom. The molecule has 0 aromatic heterocycles. The lowest BCUT2D eigenvalue weighted by atomic mass is 9.81. The fraction of sp³-hybridized carbons (Fsp3) is 0.549. The van der Waals surface area contributed by atoms with E-state index in [4.69, 9.17) is 77.0 Å². The standard InChI is InChI=1S/C27H32F3N3O2.C26H31Cl2N3O2.C20H26F3N3O2.C19H28N2O.C8H5Cl3O.2CH4/c28-27(29,30)22-10-6-9-21(15-22)16-25(34)33-14-13-32(17-20-7-2-1-3-8-20)24-19-35-18-23(26(24)33)31-11-4-5-12-31;27-21-12-20(13-22(28)15-21)14-25(32)31-11-10-30(16-19-6-2-1-3-7-19)24-18-33-17-23(26(24)31)29-8-4-5-9-29;21-20(22,23)15-5-3-4-14(10-15)11-18(27)26-9-6-24-16-12-28-13-17(19(16)26)25-7-1-2-8-25;1-2-7-16(8-3-1)13-21-12-6-9-17-18(14-22-15-19(17)21)20-10-4-5-11-20;9-6-1-5(3-8(11)12)2-7(10)4-6;;/h1-3,6-10,15,23-24,26H,4-5,11-14,16-19H2;1-3,6-7,12-13,15,23-24,26H,4-5,8-11,14,16-18H2;3-5,10,16-17,19,24H,1-2,6-9,11-13H2;1-3,7-8,17-19H,4-6,9-15H2;1-2,4H,3H2;2*1H4/t2*23-,24+,26+;16-,17+,19+;17-,18+,19-;;;/m0011.../s1. The summed E-state index contributed by atoms with van der Waals surface area (Å²) < 4.78 is 103. The Labute approximate surface area is 800 Å². The summed E-state index contributed by atoms with van der Waals surface area (Å²) in [4.78, 5) is 74.5. The third kappa shape index (κ3) is 27.4. The topological polar surface area (TPSA) is 150 Å². The van der Waals surface area contributed by atoms with E-state index in [-0.39, 0.29) is 106 Å². The van der Waals surface area contributed by atoms with E-state index < -0.39 is 28.7 Å². The molecule has 0 radical (unpaired) electrons. The van der Waals surface area contributed by atoms with E-state index in [1.54, 1.807) is 36.4 Å². The number of halogens is 11. The highest BCUT2D eigenvalue weighted by atomic mass is 35.5. The van der Waals surface area contributed by atoms with Gasteiger partial charge in [0.15, 0.2) is 0 Å². The van der Waals surface area contributed by atoms with Gasteiger partial charge in [-0.1, -0.05) is 189 Å². The van der Waals surface area contributed by atoms with Crippen LogP contribution in [0.5, 0.6) is 0 Å². The highest BCUT2D eigenvalue weighted by Gasteiger charge is 2.52. The van der Waals surface area contributed by atoms with Crippen molar-refractivity contribution in [2.45, 2.75) is 203 Å². The number of piperazine rings is 3. The minimum Gasteiger partial charge on any atom is -0.378 e. The largest absolute Gasteiger partial charge is 0.416 e. The number of nitrogens with one attached hydrogen (secondary N) is 1. The molecule has 132 heavy (non-hydrogen) atoms. The Balaban J connectivity index is 0.000000144. The number of nitrogens with zero attached hydrogens (tertiary/aromatic N) is 10. The molecule has 12 fully saturated rings. The number of amides is 3. The molecule has 12 saturated heterocycles. The van der Waals surface area contributed by atoms with Gasteiger partial charge in [-0.3, -0.25) is 53.5 Å². The number of rotatable bonds is 18. The molecule has 0 bridgehead atoms. The van der Waals surface area contributed by atoms with Crippen molar-refractivity contribution in [3.63, 3.8) is 0 Å². The molecule has 19 nitrogen and oxygen atoms in total. The molecule has 12 aliphatic rings. The summed E-state index contributed by atoms with van der Waals surface area (Å²) in [6.45, 7) is 22.3. The Hall–Kier alpha value is -6.83. The van der Waals surface area contributed by atoms with E-state index >= 15 is 0 Å². The molecular formula is C102H130Cl5F6N11O8. The zero-order valence-corrected chi connectivity index (χ0v) is 77.6. The van der Waals surface area contributed by atoms with Crippen LogP contribution in [0, 0.1) is 5.92 Å². The molecule has 19 rings (SSSR count). The smallest absolute Gasteiger partial charge is 0.378 e. The molecule has 0 unspecified atom stereocenters. The summed E-state index contributed by atoms with van der Waals surface area (Å²) in [7, 11) is 0. The van der Waals surface area contributed by atoms with Crippen LogP contribution >= 0.6 is 58.0 Å². The summed E-state index contributed by atoms with van der Waals surface area (Å²) in [5.41, 5.74) is 4.93. The van der Waals surface area contributed by atoms with Crippen LogP contribution < -0.4 is 5.32 Å². The van der Waals surface area contributed by atoms with Crippen molar-refractivity contribution in [2.75, 3.05) is 151 Å². The molecule has 12 heterocycles. The van der Waals surface area contributed by atoms with Gasteiger partial charge >= 0.3 is 12.4 Å². The molecule has 12 aliphatic heterocycles. The first-order chi connectivity index (χ1) is 62.9. The van der Waals surface area contributed by atoms with Crippen molar-refractivity contribution in [1.29, 1.82) is 0 Å². The highest BCUT2D eigenvalue weighted by molar-refractivity contribution is 6.63. The maximum atomic E-state index is 13.6. The van der Waals surface area contributed by atoms with Gasteiger partial charge in [-0.15, -0.1) is 0 Å². The highest BCUT2D eigenvalue weighted by Crippen LogP contribution is 2.40. The average molecular weight is 1930 g/mol. The van der Waals surface area contributed by atoms with Gasteiger partial charge in [0.2, 0.25) is 23.0 Å². The Bertz CT molecular complexity index is 4770. The van der Waals surface area contributed by atoms with Gasteiger partial charge < -0.3 is 39.0 Å². The van der Waals surface area contributed by atoms with Crippen molar-refractivity contribution in [2.24, 2.45) is 5.92 Å². The minimum absolute atomic E-state index is 0. The zero-order chi connectivity index (χ0) is 90.8. The predicted octanol–water partition coefficient (Wildman–Crippen LogP) is 17.2. The van der Waals surface area contributed by atoms with E-state index in [9.17, 15) is 45.5 Å². The van der Waals surface area contributed by atoms with Crippen LogP contribution in [0.4, 0.5) is 26.3 Å². The molecule has 0 saturated carbocycles. The van der Waals surface area contributed by atoms with Gasteiger partial charge in [0.1, 0.15) is 0 Å². The Kier molecular flexibility index (Phi) is 38.0. The van der Waals surface area contributed by atoms with Crippen LogP contribution in [0.25, 0.3) is 0 Å². The number of ether oxygens (including phenoxy) is 4. The van der Waals surface area contributed by atoms with Crippen molar-refractivity contribution in [1.82, 2.24) is 54.3 Å². The van der Waals surface area contributed by atoms with Crippen LogP contribution in [-0.2, 0) is 95.8 Å². The second-order valence-corrected chi connectivity index (χ2v) is 38.7. The van der Waals surface area contributed by atoms with Crippen LogP contribution in [0.2, 0.25) is 20.1 Å². The molecule has 0 spiro atoms. The summed E-state index contributed by atoms with van der Waals surface area (Å²) in [5, 5.41) is 5.19. The van der Waals surface area contributed by atoms with Crippen LogP contribution in [0.1, 0.15) is 129 Å². The van der Waals surface area contributed by atoms with Gasteiger partial charge in [-0.05, 0) is 228 Å². The van der Waals surface area contributed by atoms with Gasteiger partial charge in [0.25, 0.3) is 0 Å². The molecule has 12 atom stereocenters. The van der Waals surface area contributed by atoms with E-state index in [0.717, 1.165) is 152 Å². The molecular weight excluding hydrogens is 1800 g/mol. The SMILES string of the molecule is C.C.O=C(Cc1cc(Cl)cc(Cl)c1)N1CCN(Cc2ccccc2)[C@@H]2COC[C@H](N3CCCC3)[C@H]21.O=C(Cc1cccc(C(F)(F)F)c1)N1CCN(Cc2ccccc2)[C@@H]2COC[C@H](N3CCCC3)[C@H]21.O=C(Cc1cccc(C(F)(F)F)c1)N1CCN[C@@H]2COC[C@H](N3CCCC3)[C@H]21.O=C(Cl)Cc1cc(Cl)cc(Cl)c1.c1ccc(CN2CCC[C@H]3[C@H]2COC[C@@H]3N2CCCC2)cc1. The lowest BCUT2D eigenvalue weighted by molar-refractivity contribution is -0.153.